The molecule has 7 nitrogen and oxygen atoms in total. The summed E-state index contributed by atoms with van der Waals surface area (Å²) in [7, 11) is -2.59. The molecule has 0 aliphatic rings. The zero-order valence-corrected chi connectivity index (χ0v) is 21.3. The van der Waals surface area contributed by atoms with E-state index in [1.165, 1.54) is 36.2 Å². The molecule has 1 atom stereocenters. The van der Waals surface area contributed by atoms with Crippen LogP contribution in [0.3, 0.4) is 0 Å². The van der Waals surface area contributed by atoms with Crippen molar-refractivity contribution < 1.29 is 18.0 Å². The van der Waals surface area contributed by atoms with Crippen molar-refractivity contribution in [3.8, 4) is 0 Å². The third-order valence-electron chi connectivity index (χ3n) is 5.14. The molecule has 0 aliphatic heterocycles. The van der Waals surface area contributed by atoms with E-state index in [1.807, 2.05) is 6.92 Å². The van der Waals surface area contributed by atoms with Crippen LogP contribution in [0.1, 0.15) is 32.3 Å². The average Bonchev–Trinajstić information content (AvgIpc) is 2.78. The Morgan fingerprint density at radius 2 is 1.55 bits per heavy atom. The molecular formula is C23H29Cl2N3O4S. The van der Waals surface area contributed by atoms with Gasteiger partial charge in [0.1, 0.15) is 6.04 Å². The first-order valence-corrected chi connectivity index (χ1v) is 12.8. The summed E-state index contributed by atoms with van der Waals surface area (Å²) in [6.45, 7) is 3.86. The van der Waals surface area contributed by atoms with Crippen LogP contribution in [0, 0.1) is 0 Å². The van der Waals surface area contributed by atoms with Gasteiger partial charge in [0.15, 0.2) is 0 Å². The Hall–Kier alpha value is -2.13. The van der Waals surface area contributed by atoms with Gasteiger partial charge in [-0.25, -0.2) is 8.42 Å². The summed E-state index contributed by atoms with van der Waals surface area (Å²) in [5.41, 5.74) is 0.768. The number of unbranched alkanes of at least 4 members (excludes halogenated alkanes) is 1. The molecule has 0 aliphatic carbocycles. The summed E-state index contributed by atoms with van der Waals surface area (Å²) in [5.74, 6) is -0.794. The molecule has 0 radical (unpaired) electrons. The van der Waals surface area contributed by atoms with Crippen LogP contribution in [0.4, 0.5) is 0 Å². The summed E-state index contributed by atoms with van der Waals surface area (Å²) in [6, 6.07) is 11.8. The molecule has 0 saturated carbocycles. The van der Waals surface area contributed by atoms with Crippen molar-refractivity contribution in [3.05, 3.63) is 64.1 Å². The zero-order valence-electron chi connectivity index (χ0n) is 18.9. The van der Waals surface area contributed by atoms with E-state index < -0.39 is 28.5 Å². The number of hydrogen-bond acceptors (Lipinski definition) is 4. The lowest BCUT2D eigenvalue weighted by Crippen LogP contribution is -2.50. The predicted octanol–water partition coefficient (Wildman–Crippen LogP) is 3.95. The highest BCUT2D eigenvalue weighted by atomic mass is 35.5. The van der Waals surface area contributed by atoms with Crippen LogP contribution in [0.15, 0.2) is 53.4 Å². The number of nitrogens with one attached hydrogen (secondary N) is 1. The van der Waals surface area contributed by atoms with Crippen molar-refractivity contribution in [1.29, 1.82) is 0 Å². The molecule has 2 amide bonds. The van der Waals surface area contributed by atoms with Crippen LogP contribution in [-0.4, -0.2) is 55.6 Å². The van der Waals surface area contributed by atoms with Gasteiger partial charge in [-0.2, -0.15) is 4.31 Å². The summed E-state index contributed by atoms with van der Waals surface area (Å²) in [6.07, 6.45) is 1.75. The lowest BCUT2D eigenvalue weighted by molar-refractivity contribution is -0.140. The first-order valence-electron chi connectivity index (χ1n) is 10.6. The first kappa shape index (κ1) is 27.1. The Kier molecular flexibility index (Phi) is 10.2. The molecule has 0 bridgehead atoms. The van der Waals surface area contributed by atoms with Crippen LogP contribution in [0.2, 0.25) is 10.0 Å². The fraction of sp³-hybridized carbons (Fsp3) is 0.391. The number of likely N-dealkylation sites (N-methyl/N-ethyl adjacent to an activating group) is 1. The number of halogens is 2. The molecule has 0 fully saturated rings. The van der Waals surface area contributed by atoms with Gasteiger partial charge in [-0.05, 0) is 55.3 Å². The van der Waals surface area contributed by atoms with E-state index in [9.17, 15) is 18.0 Å². The molecule has 180 valence electrons. The van der Waals surface area contributed by atoms with Crippen LogP contribution < -0.4 is 5.32 Å². The second kappa shape index (κ2) is 12.4. The highest BCUT2D eigenvalue weighted by Crippen LogP contribution is 2.19. The maximum absolute atomic E-state index is 13.2. The summed E-state index contributed by atoms with van der Waals surface area (Å²) < 4.78 is 26.8. The average molecular weight is 514 g/mol. The predicted molar refractivity (Wildman–Crippen MR) is 131 cm³/mol. The number of rotatable bonds is 11. The van der Waals surface area contributed by atoms with E-state index in [-0.39, 0.29) is 17.3 Å². The van der Waals surface area contributed by atoms with E-state index >= 15 is 0 Å². The van der Waals surface area contributed by atoms with Gasteiger partial charge in [0.05, 0.1) is 11.4 Å². The third-order valence-corrected chi connectivity index (χ3v) is 7.46. The molecule has 10 heteroatoms. The fourth-order valence-electron chi connectivity index (χ4n) is 3.06. The number of sulfonamides is 1. The maximum atomic E-state index is 13.2. The largest absolute Gasteiger partial charge is 0.354 e. The number of carbonyl (C=O) groups is 2. The maximum Gasteiger partial charge on any atom is 0.243 e. The van der Waals surface area contributed by atoms with E-state index in [0.29, 0.717) is 16.6 Å². The molecule has 0 heterocycles. The Labute approximate surface area is 205 Å². The smallest absolute Gasteiger partial charge is 0.243 e. The number of nitrogens with zero attached hydrogens (tertiary/aromatic N) is 2. The Morgan fingerprint density at radius 3 is 2.09 bits per heavy atom. The molecule has 2 aromatic carbocycles. The first-order chi connectivity index (χ1) is 15.6. The van der Waals surface area contributed by atoms with E-state index in [2.05, 4.69) is 5.32 Å². The van der Waals surface area contributed by atoms with E-state index in [0.717, 1.165) is 22.7 Å². The van der Waals surface area contributed by atoms with Gasteiger partial charge in [-0.1, -0.05) is 48.7 Å². The minimum absolute atomic E-state index is 0.0248. The molecule has 33 heavy (non-hydrogen) atoms. The molecule has 1 N–H and O–H groups in total. The van der Waals surface area contributed by atoms with Crippen LogP contribution in [-0.2, 0) is 26.2 Å². The highest BCUT2D eigenvalue weighted by molar-refractivity contribution is 7.89. The van der Waals surface area contributed by atoms with E-state index in [1.54, 1.807) is 31.2 Å². The minimum atomic E-state index is -3.92. The fourth-order valence-corrected chi connectivity index (χ4v) is 4.43. The van der Waals surface area contributed by atoms with Crippen molar-refractivity contribution in [2.45, 2.75) is 44.2 Å². The number of carbonyl (C=O) groups excluding carboxylic acids is 2. The van der Waals surface area contributed by atoms with Crippen molar-refractivity contribution in [2.24, 2.45) is 0 Å². The number of amides is 2. The SMILES string of the molecule is CCCCNC(=O)C(C)N(Cc1ccc(Cl)cc1)C(=O)CN(C)S(=O)(=O)c1ccc(Cl)cc1. The topological polar surface area (TPSA) is 86.8 Å². The van der Waals surface area contributed by atoms with Crippen LogP contribution >= 0.6 is 23.2 Å². The lowest BCUT2D eigenvalue weighted by atomic mass is 10.1. The quantitative estimate of drug-likeness (QED) is 0.460. The Morgan fingerprint density at radius 1 is 1.00 bits per heavy atom. The molecule has 0 saturated heterocycles. The van der Waals surface area contributed by atoms with Gasteiger partial charge in [0.2, 0.25) is 21.8 Å². The van der Waals surface area contributed by atoms with Crippen LogP contribution in [0.25, 0.3) is 0 Å². The van der Waals surface area contributed by atoms with Gasteiger partial charge < -0.3 is 10.2 Å². The minimum Gasteiger partial charge on any atom is -0.354 e. The zero-order chi connectivity index (χ0) is 24.6. The van der Waals surface area contributed by atoms with Gasteiger partial charge >= 0.3 is 0 Å². The van der Waals surface area contributed by atoms with Gasteiger partial charge in [-0.3, -0.25) is 9.59 Å². The van der Waals surface area contributed by atoms with Crippen LogP contribution in [0.5, 0.6) is 0 Å². The Bertz CT molecular complexity index is 1040. The molecule has 1 unspecified atom stereocenters. The second-order valence-corrected chi connectivity index (χ2v) is 10.6. The second-order valence-electron chi connectivity index (χ2n) is 7.68. The van der Waals surface area contributed by atoms with Crippen molar-refractivity contribution in [3.63, 3.8) is 0 Å². The molecule has 0 spiro atoms. The third kappa shape index (κ3) is 7.71. The summed E-state index contributed by atoms with van der Waals surface area (Å²) in [4.78, 5) is 27.3. The molecule has 2 aromatic rings. The van der Waals surface area contributed by atoms with Crippen molar-refractivity contribution in [1.82, 2.24) is 14.5 Å². The summed E-state index contributed by atoms with van der Waals surface area (Å²) in [5, 5.41) is 3.79. The van der Waals surface area contributed by atoms with Gasteiger partial charge in [-0.15, -0.1) is 0 Å². The molecule has 0 aromatic heterocycles. The van der Waals surface area contributed by atoms with E-state index in [4.69, 9.17) is 23.2 Å². The molecule has 2 rings (SSSR count). The number of hydrogen-bond donors (Lipinski definition) is 1. The number of benzene rings is 2. The highest BCUT2D eigenvalue weighted by Gasteiger charge is 2.30. The monoisotopic (exact) mass is 513 g/mol. The van der Waals surface area contributed by atoms with Crippen molar-refractivity contribution in [2.75, 3.05) is 20.1 Å². The molecular weight excluding hydrogens is 485 g/mol. The lowest BCUT2D eigenvalue weighted by Gasteiger charge is -2.30. The summed E-state index contributed by atoms with van der Waals surface area (Å²) >= 11 is 11.8. The van der Waals surface area contributed by atoms with Gasteiger partial charge in [0.25, 0.3) is 0 Å². The van der Waals surface area contributed by atoms with Crippen molar-refractivity contribution >= 4 is 45.0 Å². The Balaban J connectivity index is 2.22. The standard InChI is InChI=1S/C23H29Cl2N3O4S/c1-4-5-14-26-23(30)17(2)28(15-18-6-8-19(24)9-7-18)22(29)16-27(3)33(31,32)21-12-10-20(25)11-13-21/h6-13,17H,4-5,14-16H2,1-3H3,(H,26,30). The van der Waals surface area contributed by atoms with Gasteiger partial charge in [0, 0.05) is 30.2 Å². The normalized spacial score (nSPS) is 12.4.